The van der Waals surface area contributed by atoms with Crippen molar-refractivity contribution in [3.8, 4) is 11.5 Å². The maximum absolute atomic E-state index is 13.3. The Bertz CT molecular complexity index is 615. The Morgan fingerprint density at radius 3 is 2.37 bits per heavy atom. The quantitative estimate of drug-likeness (QED) is 0.393. The predicted octanol–water partition coefficient (Wildman–Crippen LogP) is 3.48. The molecule has 0 fully saturated rings. The van der Waals surface area contributed by atoms with Crippen LogP contribution < -0.4 is 10.5 Å². The van der Waals surface area contributed by atoms with Crippen LogP contribution in [0.25, 0.3) is 0 Å². The molecule has 0 bridgehead atoms. The van der Waals surface area contributed by atoms with Gasteiger partial charge in [0.2, 0.25) is 0 Å². The molecule has 0 aromatic heterocycles. The average molecular weight is 325 g/mol. The topological polar surface area (TPSA) is 67.8 Å². The third kappa shape index (κ3) is 3.23. The number of amidine groups is 1. The van der Waals surface area contributed by atoms with E-state index in [0.29, 0.717) is 21.5 Å². The largest absolute Gasteiger partial charge is 0.457 e. The normalized spacial score (nSPS) is 11.4. The summed E-state index contributed by atoms with van der Waals surface area (Å²) in [5.41, 5.74) is 6.00. The molecule has 0 amide bonds. The maximum atomic E-state index is 13.3. The SMILES string of the molecule is NC(=NO)c1ccc(Oc2ccc(Br)c(F)c2)cc1. The van der Waals surface area contributed by atoms with Crippen molar-refractivity contribution in [3.05, 3.63) is 58.3 Å². The van der Waals surface area contributed by atoms with E-state index in [-0.39, 0.29) is 5.84 Å². The number of benzene rings is 2. The lowest BCUT2D eigenvalue weighted by Gasteiger charge is -2.07. The first kappa shape index (κ1) is 13.4. The minimum atomic E-state index is -0.397. The van der Waals surface area contributed by atoms with E-state index in [1.807, 2.05) is 0 Å². The highest BCUT2D eigenvalue weighted by Crippen LogP contribution is 2.25. The van der Waals surface area contributed by atoms with Gasteiger partial charge in [-0.15, -0.1) is 0 Å². The van der Waals surface area contributed by atoms with Crippen molar-refractivity contribution in [1.29, 1.82) is 0 Å². The summed E-state index contributed by atoms with van der Waals surface area (Å²) in [6, 6.07) is 11.1. The van der Waals surface area contributed by atoms with E-state index in [4.69, 9.17) is 15.7 Å². The Hall–Kier alpha value is -2.08. The molecule has 0 aliphatic rings. The van der Waals surface area contributed by atoms with Crippen molar-refractivity contribution >= 4 is 21.8 Å². The van der Waals surface area contributed by atoms with Gasteiger partial charge in [-0.3, -0.25) is 0 Å². The molecule has 2 rings (SSSR count). The number of halogens is 2. The van der Waals surface area contributed by atoms with Gasteiger partial charge < -0.3 is 15.7 Å². The molecule has 0 atom stereocenters. The molecule has 0 radical (unpaired) electrons. The van der Waals surface area contributed by atoms with Crippen molar-refractivity contribution in [2.45, 2.75) is 0 Å². The lowest BCUT2D eigenvalue weighted by Crippen LogP contribution is -2.12. The van der Waals surface area contributed by atoms with Gasteiger partial charge in [0, 0.05) is 11.6 Å². The van der Waals surface area contributed by atoms with Crippen molar-refractivity contribution < 1.29 is 14.3 Å². The summed E-state index contributed by atoms with van der Waals surface area (Å²) in [6.45, 7) is 0. The van der Waals surface area contributed by atoms with Crippen LogP contribution in [0.2, 0.25) is 0 Å². The zero-order chi connectivity index (χ0) is 13.8. The molecule has 3 N–H and O–H groups in total. The predicted molar refractivity (Wildman–Crippen MR) is 73.1 cm³/mol. The van der Waals surface area contributed by atoms with E-state index in [2.05, 4.69) is 21.1 Å². The Kier molecular flexibility index (Phi) is 4.01. The van der Waals surface area contributed by atoms with Gasteiger partial charge in [-0.2, -0.15) is 0 Å². The minimum absolute atomic E-state index is 0.0150. The fraction of sp³-hybridized carbons (Fsp3) is 0. The maximum Gasteiger partial charge on any atom is 0.170 e. The second-order valence-corrected chi connectivity index (χ2v) is 4.54. The van der Waals surface area contributed by atoms with Crippen molar-refractivity contribution in [3.63, 3.8) is 0 Å². The standard InChI is InChI=1S/C13H10BrFN2O2/c14-11-6-5-10(7-12(11)15)19-9-3-1-8(2-4-9)13(16)17-18/h1-7,18H,(H2,16,17). The van der Waals surface area contributed by atoms with Crippen LogP contribution in [0.4, 0.5) is 4.39 Å². The molecular formula is C13H10BrFN2O2. The Balaban J connectivity index is 2.17. The van der Waals surface area contributed by atoms with Gasteiger partial charge in [-0.1, -0.05) is 5.16 Å². The van der Waals surface area contributed by atoms with Crippen LogP contribution in [0.5, 0.6) is 11.5 Å². The van der Waals surface area contributed by atoms with Gasteiger partial charge in [0.1, 0.15) is 17.3 Å². The first-order valence-corrected chi connectivity index (χ1v) is 6.10. The Labute approximate surface area is 117 Å². The second-order valence-electron chi connectivity index (χ2n) is 3.69. The van der Waals surface area contributed by atoms with Gasteiger partial charge in [-0.05, 0) is 52.3 Å². The molecule has 19 heavy (non-hydrogen) atoms. The van der Waals surface area contributed by atoms with Crippen molar-refractivity contribution in [2.75, 3.05) is 0 Å². The zero-order valence-corrected chi connectivity index (χ0v) is 11.3. The van der Waals surface area contributed by atoms with Crippen LogP contribution in [0.3, 0.4) is 0 Å². The van der Waals surface area contributed by atoms with Crippen LogP contribution in [-0.4, -0.2) is 11.0 Å². The molecule has 2 aromatic carbocycles. The van der Waals surface area contributed by atoms with Crippen LogP contribution in [0.1, 0.15) is 5.56 Å². The lowest BCUT2D eigenvalue weighted by atomic mass is 10.2. The molecule has 0 unspecified atom stereocenters. The van der Waals surface area contributed by atoms with Crippen molar-refractivity contribution in [1.82, 2.24) is 0 Å². The minimum Gasteiger partial charge on any atom is -0.457 e. The van der Waals surface area contributed by atoms with E-state index >= 15 is 0 Å². The van der Waals surface area contributed by atoms with Crippen LogP contribution in [0.15, 0.2) is 52.1 Å². The second kappa shape index (κ2) is 5.71. The van der Waals surface area contributed by atoms with Gasteiger partial charge in [0.15, 0.2) is 5.84 Å². The molecule has 2 aromatic rings. The number of nitrogens with two attached hydrogens (primary N) is 1. The fourth-order valence-electron chi connectivity index (χ4n) is 1.43. The van der Waals surface area contributed by atoms with Crippen LogP contribution >= 0.6 is 15.9 Å². The van der Waals surface area contributed by atoms with Gasteiger partial charge >= 0.3 is 0 Å². The summed E-state index contributed by atoms with van der Waals surface area (Å²) in [5.74, 6) is 0.528. The molecule has 0 aliphatic carbocycles. The van der Waals surface area contributed by atoms with Crippen LogP contribution in [0, 0.1) is 5.82 Å². The fourth-order valence-corrected chi connectivity index (χ4v) is 1.67. The molecule has 0 saturated carbocycles. The zero-order valence-electron chi connectivity index (χ0n) is 9.68. The highest BCUT2D eigenvalue weighted by molar-refractivity contribution is 9.10. The molecule has 0 heterocycles. The highest BCUT2D eigenvalue weighted by Gasteiger charge is 2.04. The number of oxime groups is 1. The summed E-state index contributed by atoms with van der Waals surface area (Å²) >= 11 is 3.07. The van der Waals surface area contributed by atoms with Crippen molar-refractivity contribution in [2.24, 2.45) is 10.9 Å². The first-order chi connectivity index (χ1) is 9.10. The van der Waals surface area contributed by atoms with E-state index in [1.165, 1.54) is 6.07 Å². The van der Waals surface area contributed by atoms with E-state index in [1.54, 1.807) is 36.4 Å². The molecule has 4 nitrogen and oxygen atoms in total. The van der Waals surface area contributed by atoms with Gasteiger partial charge in [0.05, 0.1) is 4.47 Å². The Morgan fingerprint density at radius 2 is 1.79 bits per heavy atom. The number of hydrogen-bond donors (Lipinski definition) is 2. The molecule has 0 saturated heterocycles. The monoisotopic (exact) mass is 324 g/mol. The van der Waals surface area contributed by atoms with E-state index < -0.39 is 5.82 Å². The number of nitrogens with zero attached hydrogens (tertiary/aromatic N) is 1. The average Bonchev–Trinajstić information content (AvgIpc) is 2.43. The summed E-state index contributed by atoms with van der Waals surface area (Å²) in [5, 5.41) is 11.4. The number of ether oxygens (including phenoxy) is 1. The highest BCUT2D eigenvalue weighted by atomic mass is 79.9. The third-order valence-electron chi connectivity index (χ3n) is 2.38. The molecule has 6 heteroatoms. The summed E-state index contributed by atoms with van der Waals surface area (Å²) in [6.07, 6.45) is 0. The number of hydrogen-bond acceptors (Lipinski definition) is 3. The lowest BCUT2D eigenvalue weighted by molar-refractivity contribution is 0.318. The van der Waals surface area contributed by atoms with Crippen LogP contribution in [-0.2, 0) is 0 Å². The van der Waals surface area contributed by atoms with E-state index in [9.17, 15) is 4.39 Å². The summed E-state index contributed by atoms with van der Waals surface area (Å²) in [7, 11) is 0. The summed E-state index contributed by atoms with van der Waals surface area (Å²) < 4.78 is 19.2. The Morgan fingerprint density at radius 1 is 1.16 bits per heavy atom. The van der Waals surface area contributed by atoms with E-state index in [0.717, 1.165) is 0 Å². The molecule has 0 aliphatic heterocycles. The third-order valence-corrected chi connectivity index (χ3v) is 3.03. The first-order valence-electron chi connectivity index (χ1n) is 5.31. The molecular weight excluding hydrogens is 315 g/mol. The molecule has 0 spiro atoms. The number of rotatable bonds is 3. The van der Waals surface area contributed by atoms with Gasteiger partial charge in [-0.25, -0.2) is 4.39 Å². The van der Waals surface area contributed by atoms with Gasteiger partial charge in [0.25, 0.3) is 0 Å². The smallest absolute Gasteiger partial charge is 0.170 e. The summed E-state index contributed by atoms with van der Waals surface area (Å²) in [4.78, 5) is 0. The molecule has 98 valence electrons.